The second-order valence-corrected chi connectivity index (χ2v) is 6.76. The van der Waals surface area contributed by atoms with Crippen molar-refractivity contribution in [2.75, 3.05) is 24.8 Å². The molecule has 3 rings (SSSR count). The highest BCUT2D eigenvalue weighted by atomic mass is 16.7. The zero-order valence-electron chi connectivity index (χ0n) is 13.4. The van der Waals surface area contributed by atoms with Crippen molar-refractivity contribution in [3.05, 3.63) is 18.2 Å². The SMILES string of the molecule is CC(C)C1CN(c2ccc3c(c2)OCO3)C(C(C)C)CN1. The average Bonchev–Trinajstić information content (AvgIpc) is 2.93. The van der Waals surface area contributed by atoms with Gasteiger partial charge in [0.1, 0.15) is 0 Å². The predicted octanol–water partition coefficient (Wildman–Crippen LogP) is 2.87. The maximum atomic E-state index is 5.54. The zero-order valence-corrected chi connectivity index (χ0v) is 13.4. The third kappa shape index (κ3) is 2.82. The summed E-state index contributed by atoms with van der Waals surface area (Å²) < 4.78 is 11.0. The fourth-order valence-corrected chi connectivity index (χ4v) is 3.20. The lowest BCUT2D eigenvalue weighted by atomic mass is 9.93. The summed E-state index contributed by atoms with van der Waals surface area (Å²) in [6, 6.07) is 7.36. The summed E-state index contributed by atoms with van der Waals surface area (Å²) in [5.74, 6) is 2.97. The predicted molar refractivity (Wildman–Crippen MR) is 85.2 cm³/mol. The monoisotopic (exact) mass is 290 g/mol. The fraction of sp³-hybridized carbons (Fsp3) is 0.647. The summed E-state index contributed by atoms with van der Waals surface area (Å²) >= 11 is 0. The fourth-order valence-electron chi connectivity index (χ4n) is 3.20. The highest BCUT2D eigenvalue weighted by molar-refractivity contribution is 5.58. The van der Waals surface area contributed by atoms with Crippen LogP contribution in [0.3, 0.4) is 0 Å². The quantitative estimate of drug-likeness (QED) is 0.928. The number of anilines is 1. The van der Waals surface area contributed by atoms with E-state index in [0.29, 0.717) is 30.7 Å². The molecule has 2 aliphatic rings. The van der Waals surface area contributed by atoms with E-state index < -0.39 is 0 Å². The van der Waals surface area contributed by atoms with Crippen LogP contribution in [0.5, 0.6) is 11.5 Å². The molecule has 2 heterocycles. The topological polar surface area (TPSA) is 33.7 Å². The number of hydrogen-bond acceptors (Lipinski definition) is 4. The van der Waals surface area contributed by atoms with Crippen LogP contribution in [0.4, 0.5) is 5.69 Å². The maximum absolute atomic E-state index is 5.54. The number of fused-ring (bicyclic) bond motifs is 1. The average molecular weight is 290 g/mol. The van der Waals surface area contributed by atoms with Gasteiger partial charge in [-0.3, -0.25) is 0 Å². The van der Waals surface area contributed by atoms with Gasteiger partial charge in [-0.05, 0) is 24.0 Å². The van der Waals surface area contributed by atoms with E-state index in [2.05, 4.69) is 50.0 Å². The van der Waals surface area contributed by atoms with Crippen LogP contribution >= 0.6 is 0 Å². The molecule has 1 aromatic rings. The van der Waals surface area contributed by atoms with E-state index in [1.165, 1.54) is 5.69 Å². The molecule has 1 N–H and O–H groups in total. The molecule has 1 aromatic carbocycles. The lowest BCUT2D eigenvalue weighted by molar-refractivity contribution is 0.174. The van der Waals surface area contributed by atoms with Gasteiger partial charge in [-0.25, -0.2) is 0 Å². The zero-order chi connectivity index (χ0) is 15.0. The number of rotatable bonds is 3. The number of nitrogens with one attached hydrogen (secondary N) is 1. The van der Waals surface area contributed by atoms with Gasteiger partial charge < -0.3 is 19.7 Å². The first kappa shape index (κ1) is 14.5. The van der Waals surface area contributed by atoms with Crippen molar-refractivity contribution in [1.29, 1.82) is 0 Å². The summed E-state index contributed by atoms with van der Waals surface area (Å²) in [7, 11) is 0. The lowest BCUT2D eigenvalue weighted by Crippen LogP contribution is -2.60. The van der Waals surface area contributed by atoms with Gasteiger partial charge in [0.25, 0.3) is 0 Å². The first-order valence-corrected chi connectivity index (χ1v) is 7.96. The molecule has 0 aliphatic carbocycles. The third-order valence-electron chi connectivity index (χ3n) is 4.64. The Morgan fingerprint density at radius 1 is 1.10 bits per heavy atom. The Kier molecular flexibility index (Phi) is 3.98. The summed E-state index contributed by atoms with van der Waals surface area (Å²) in [6.45, 7) is 11.6. The lowest BCUT2D eigenvalue weighted by Gasteiger charge is -2.45. The first-order valence-electron chi connectivity index (χ1n) is 7.96. The molecule has 4 heteroatoms. The van der Waals surface area contributed by atoms with Crippen molar-refractivity contribution in [3.63, 3.8) is 0 Å². The van der Waals surface area contributed by atoms with Gasteiger partial charge in [0.15, 0.2) is 11.5 Å². The molecule has 0 spiro atoms. The molecule has 2 aliphatic heterocycles. The molecular formula is C17H26N2O2. The maximum Gasteiger partial charge on any atom is 0.231 e. The van der Waals surface area contributed by atoms with Crippen LogP contribution < -0.4 is 19.7 Å². The Balaban J connectivity index is 1.87. The first-order chi connectivity index (χ1) is 10.1. The van der Waals surface area contributed by atoms with Gasteiger partial charge in [0.2, 0.25) is 6.79 Å². The second-order valence-electron chi connectivity index (χ2n) is 6.76. The minimum atomic E-state index is 0.336. The molecule has 2 unspecified atom stereocenters. The molecule has 0 bridgehead atoms. The Hall–Kier alpha value is -1.42. The van der Waals surface area contributed by atoms with E-state index in [0.717, 1.165) is 24.6 Å². The Bertz CT molecular complexity index is 502. The van der Waals surface area contributed by atoms with Crippen molar-refractivity contribution in [2.24, 2.45) is 11.8 Å². The van der Waals surface area contributed by atoms with Crippen molar-refractivity contribution in [2.45, 2.75) is 39.8 Å². The molecule has 1 saturated heterocycles. The van der Waals surface area contributed by atoms with Crippen LogP contribution in [-0.2, 0) is 0 Å². The summed E-state index contributed by atoms with van der Waals surface area (Å²) in [6.07, 6.45) is 0. The molecule has 2 atom stereocenters. The Labute approximate surface area is 127 Å². The number of benzene rings is 1. The molecule has 116 valence electrons. The van der Waals surface area contributed by atoms with Crippen LogP contribution in [0.2, 0.25) is 0 Å². The van der Waals surface area contributed by atoms with Crippen molar-refractivity contribution in [1.82, 2.24) is 5.32 Å². The van der Waals surface area contributed by atoms with Crippen molar-refractivity contribution in [3.8, 4) is 11.5 Å². The number of ether oxygens (including phenoxy) is 2. The summed E-state index contributed by atoms with van der Waals surface area (Å²) in [5.41, 5.74) is 1.24. The molecular weight excluding hydrogens is 264 g/mol. The Morgan fingerprint density at radius 3 is 2.57 bits per heavy atom. The third-order valence-corrected chi connectivity index (χ3v) is 4.64. The minimum Gasteiger partial charge on any atom is -0.454 e. The minimum absolute atomic E-state index is 0.336. The van der Waals surface area contributed by atoms with Crippen molar-refractivity contribution >= 4 is 5.69 Å². The van der Waals surface area contributed by atoms with Gasteiger partial charge in [0, 0.05) is 36.9 Å². The van der Waals surface area contributed by atoms with Crippen LogP contribution in [0.25, 0.3) is 0 Å². The molecule has 0 aromatic heterocycles. The van der Waals surface area contributed by atoms with Crippen LogP contribution in [0.15, 0.2) is 18.2 Å². The molecule has 0 saturated carbocycles. The van der Waals surface area contributed by atoms with Gasteiger partial charge in [0.05, 0.1) is 0 Å². The smallest absolute Gasteiger partial charge is 0.231 e. The van der Waals surface area contributed by atoms with Crippen LogP contribution in [0.1, 0.15) is 27.7 Å². The summed E-state index contributed by atoms with van der Waals surface area (Å²) in [4.78, 5) is 2.54. The molecule has 0 radical (unpaired) electrons. The van der Waals surface area contributed by atoms with Gasteiger partial charge in [-0.2, -0.15) is 0 Å². The van der Waals surface area contributed by atoms with Gasteiger partial charge in [-0.1, -0.05) is 27.7 Å². The molecule has 4 nitrogen and oxygen atoms in total. The second kappa shape index (κ2) is 5.76. The van der Waals surface area contributed by atoms with E-state index >= 15 is 0 Å². The van der Waals surface area contributed by atoms with Crippen LogP contribution in [-0.4, -0.2) is 32.0 Å². The normalized spacial score (nSPS) is 25.0. The largest absolute Gasteiger partial charge is 0.454 e. The molecule has 1 fully saturated rings. The van der Waals surface area contributed by atoms with Gasteiger partial charge in [-0.15, -0.1) is 0 Å². The Morgan fingerprint density at radius 2 is 1.86 bits per heavy atom. The van der Waals surface area contributed by atoms with E-state index in [1.807, 2.05) is 6.07 Å². The van der Waals surface area contributed by atoms with E-state index in [4.69, 9.17) is 9.47 Å². The van der Waals surface area contributed by atoms with Gasteiger partial charge >= 0.3 is 0 Å². The van der Waals surface area contributed by atoms with E-state index in [1.54, 1.807) is 0 Å². The van der Waals surface area contributed by atoms with Crippen molar-refractivity contribution < 1.29 is 9.47 Å². The summed E-state index contributed by atoms with van der Waals surface area (Å²) in [5, 5.41) is 3.70. The van der Waals surface area contributed by atoms with E-state index in [9.17, 15) is 0 Å². The molecule has 0 amide bonds. The van der Waals surface area contributed by atoms with E-state index in [-0.39, 0.29) is 0 Å². The molecule has 21 heavy (non-hydrogen) atoms. The van der Waals surface area contributed by atoms with Crippen LogP contribution in [0, 0.1) is 11.8 Å². The highest BCUT2D eigenvalue weighted by Gasteiger charge is 2.32. The highest BCUT2D eigenvalue weighted by Crippen LogP contribution is 2.37. The number of hydrogen-bond donors (Lipinski definition) is 1. The number of piperazine rings is 1. The standard InChI is InChI=1S/C17H26N2O2/c1-11(2)14-9-19(15(8-18-14)12(3)4)13-5-6-16-17(7-13)21-10-20-16/h5-7,11-12,14-15,18H,8-10H2,1-4H3. The number of nitrogens with zero attached hydrogens (tertiary/aromatic N) is 1.